The molecule has 1 aliphatic rings. The summed E-state index contributed by atoms with van der Waals surface area (Å²) in [7, 11) is 1.50. The molecule has 1 unspecified atom stereocenters. The zero-order valence-electron chi connectivity index (χ0n) is 20.3. The average molecular weight is 488 g/mol. The van der Waals surface area contributed by atoms with E-state index < -0.39 is 12.2 Å². The van der Waals surface area contributed by atoms with Crippen molar-refractivity contribution >= 4 is 29.4 Å². The highest BCUT2D eigenvalue weighted by molar-refractivity contribution is 6.04. The quantitative estimate of drug-likeness (QED) is 0.408. The maximum Gasteiger partial charge on any atom is 0.308 e. The number of aryl methyl sites for hydroxylation is 1. The summed E-state index contributed by atoms with van der Waals surface area (Å²) in [6, 6.07) is 19.0. The van der Waals surface area contributed by atoms with Crippen LogP contribution in [0, 0.1) is 6.92 Å². The van der Waals surface area contributed by atoms with E-state index in [2.05, 4.69) is 10.4 Å². The number of anilines is 1. The predicted molar refractivity (Wildman–Crippen MR) is 133 cm³/mol. The molecule has 0 saturated heterocycles. The molecule has 4 rings (SSSR count). The highest BCUT2D eigenvalue weighted by Gasteiger charge is 2.35. The van der Waals surface area contributed by atoms with Crippen LogP contribution in [0.5, 0.6) is 11.5 Å². The van der Waals surface area contributed by atoms with Gasteiger partial charge in [-0.25, -0.2) is 0 Å². The number of carbonyl (C=O) groups is 3. The molecule has 0 spiro atoms. The first kappa shape index (κ1) is 24.5. The Balaban J connectivity index is 1.56. The molecule has 1 N–H and O–H groups in total. The number of rotatable bonds is 6. The first-order valence-corrected chi connectivity index (χ1v) is 11.1. The van der Waals surface area contributed by atoms with Crippen molar-refractivity contribution in [1.29, 1.82) is 0 Å². The molecule has 2 amide bonds. The van der Waals surface area contributed by atoms with Crippen molar-refractivity contribution in [2.75, 3.05) is 12.4 Å². The van der Waals surface area contributed by atoms with Gasteiger partial charge in [-0.1, -0.05) is 17.7 Å². The fourth-order valence-corrected chi connectivity index (χ4v) is 3.58. The molecule has 0 fully saturated rings. The summed E-state index contributed by atoms with van der Waals surface area (Å²) < 4.78 is 16.7. The topological polar surface area (TPSA) is 107 Å². The van der Waals surface area contributed by atoms with Gasteiger partial charge in [0.15, 0.2) is 0 Å². The smallest absolute Gasteiger partial charge is 0.308 e. The number of amides is 2. The van der Waals surface area contributed by atoms with Gasteiger partial charge in [-0.3, -0.25) is 14.4 Å². The SMILES string of the molecule is COc1ccc(OC(C)=O)c(C2OC(c3ccc(NC(=O)c4ccc(C)cc4)cc3)=NN2C(C)=O)c1. The molecule has 0 bridgehead atoms. The zero-order valence-corrected chi connectivity index (χ0v) is 20.3. The molecule has 1 heterocycles. The van der Waals surface area contributed by atoms with Crippen LogP contribution in [-0.2, 0) is 14.3 Å². The molecule has 184 valence electrons. The monoisotopic (exact) mass is 487 g/mol. The Bertz CT molecular complexity index is 1330. The van der Waals surface area contributed by atoms with Crippen molar-refractivity contribution in [3.63, 3.8) is 0 Å². The summed E-state index contributed by atoms with van der Waals surface area (Å²) in [5.74, 6) is -0.189. The van der Waals surface area contributed by atoms with Crippen molar-refractivity contribution in [1.82, 2.24) is 5.01 Å². The summed E-state index contributed by atoms with van der Waals surface area (Å²) in [5, 5.41) is 8.37. The minimum atomic E-state index is -0.970. The lowest BCUT2D eigenvalue weighted by Gasteiger charge is -2.21. The van der Waals surface area contributed by atoms with Gasteiger partial charge in [-0.05, 0) is 61.5 Å². The normalized spacial score (nSPS) is 14.5. The second-order valence-electron chi connectivity index (χ2n) is 8.13. The van der Waals surface area contributed by atoms with Crippen molar-refractivity contribution < 1.29 is 28.6 Å². The molecule has 3 aromatic carbocycles. The number of nitrogens with zero attached hydrogens (tertiary/aromatic N) is 2. The number of benzene rings is 3. The van der Waals surface area contributed by atoms with Gasteiger partial charge in [0.1, 0.15) is 11.5 Å². The third-order valence-electron chi connectivity index (χ3n) is 5.41. The Morgan fingerprint density at radius 3 is 2.28 bits per heavy atom. The molecular weight excluding hydrogens is 462 g/mol. The van der Waals surface area contributed by atoms with Gasteiger partial charge in [-0.2, -0.15) is 5.01 Å². The van der Waals surface area contributed by atoms with E-state index in [9.17, 15) is 14.4 Å². The molecule has 0 aliphatic carbocycles. The molecule has 9 heteroatoms. The lowest BCUT2D eigenvalue weighted by atomic mass is 10.1. The lowest BCUT2D eigenvalue weighted by Crippen LogP contribution is -2.26. The third-order valence-corrected chi connectivity index (χ3v) is 5.41. The van der Waals surface area contributed by atoms with Crippen LogP contribution in [0.4, 0.5) is 5.69 Å². The van der Waals surface area contributed by atoms with Crippen LogP contribution < -0.4 is 14.8 Å². The van der Waals surface area contributed by atoms with E-state index >= 15 is 0 Å². The number of nitrogens with one attached hydrogen (secondary N) is 1. The van der Waals surface area contributed by atoms with Crippen molar-refractivity contribution in [3.05, 3.63) is 89.0 Å². The van der Waals surface area contributed by atoms with E-state index in [-0.39, 0.29) is 23.5 Å². The molecule has 0 aromatic heterocycles. The number of carbonyl (C=O) groups excluding carboxylic acids is 3. The average Bonchev–Trinajstić information content (AvgIpc) is 3.30. The highest BCUT2D eigenvalue weighted by atomic mass is 16.5. The van der Waals surface area contributed by atoms with Gasteiger partial charge in [0.25, 0.3) is 5.91 Å². The summed E-state index contributed by atoms with van der Waals surface area (Å²) >= 11 is 0. The minimum absolute atomic E-state index is 0.197. The van der Waals surface area contributed by atoms with Gasteiger partial charge < -0.3 is 19.5 Å². The summed E-state index contributed by atoms with van der Waals surface area (Å²) in [4.78, 5) is 36.5. The summed E-state index contributed by atoms with van der Waals surface area (Å²) in [6.07, 6.45) is -0.970. The first-order valence-electron chi connectivity index (χ1n) is 11.1. The fraction of sp³-hybridized carbons (Fsp3) is 0.185. The van der Waals surface area contributed by atoms with Gasteiger partial charge in [-0.15, -0.1) is 5.10 Å². The molecule has 9 nitrogen and oxygen atoms in total. The minimum Gasteiger partial charge on any atom is -0.497 e. The Morgan fingerprint density at radius 1 is 0.972 bits per heavy atom. The third kappa shape index (κ3) is 5.35. The number of esters is 1. The number of hydrazone groups is 1. The van der Waals surface area contributed by atoms with Crippen LogP contribution in [0.3, 0.4) is 0 Å². The molecule has 1 aliphatic heterocycles. The number of hydrogen-bond acceptors (Lipinski definition) is 7. The standard InChI is InChI=1S/C27H25N3O6/c1-16-5-7-19(8-6-16)25(33)28-21-11-9-20(10-12-21)26-29-30(17(2)31)27(36-26)23-15-22(34-4)13-14-24(23)35-18(3)32/h5-15,27H,1-4H3,(H,28,33). The van der Waals surface area contributed by atoms with Crippen LogP contribution in [0.25, 0.3) is 0 Å². The molecule has 0 radical (unpaired) electrons. The molecule has 3 aromatic rings. The second-order valence-corrected chi connectivity index (χ2v) is 8.13. The van der Waals surface area contributed by atoms with Crippen LogP contribution in [0.2, 0.25) is 0 Å². The Hall–Kier alpha value is -4.66. The largest absolute Gasteiger partial charge is 0.497 e. The zero-order chi connectivity index (χ0) is 25.8. The second kappa shape index (κ2) is 10.3. The van der Waals surface area contributed by atoms with Crippen LogP contribution in [0.1, 0.15) is 47.1 Å². The molecular formula is C27H25N3O6. The van der Waals surface area contributed by atoms with E-state index in [1.54, 1.807) is 54.6 Å². The summed E-state index contributed by atoms with van der Waals surface area (Å²) in [6.45, 7) is 4.60. The summed E-state index contributed by atoms with van der Waals surface area (Å²) in [5.41, 5.74) is 3.21. The van der Waals surface area contributed by atoms with Crippen LogP contribution in [-0.4, -0.2) is 35.8 Å². The Labute approximate surface area is 208 Å². The van der Waals surface area contributed by atoms with Gasteiger partial charge in [0.05, 0.1) is 12.7 Å². The Morgan fingerprint density at radius 2 is 1.67 bits per heavy atom. The highest BCUT2D eigenvalue weighted by Crippen LogP contribution is 2.38. The molecule has 1 atom stereocenters. The van der Waals surface area contributed by atoms with Gasteiger partial charge >= 0.3 is 5.97 Å². The van der Waals surface area contributed by atoms with Gasteiger partial charge in [0, 0.05) is 30.7 Å². The van der Waals surface area contributed by atoms with E-state index in [1.165, 1.54) is 26.0 Å². The Kier molecular flexibility index (Phi) is 7.00. The fourth-order valence-electron chi connectivity index (χ4n) is 3.58. The molecule has 0 saturated carbocycles. The number of hydrogen-bond donors (Lipinski definition) is 1. The van der Waals surface area contributed by atoms with Crippen LogP contribution in [0.15, 0.2) is 71.8 Å². The van der Waals surface area contributed by atoms with Gasteiger partial charge in [0.2, 0.25) is 18.0 Å². The van der Waals surface area contributed by atoms with Crippen molar-refractivity contribution in [3.8, 4) is 11.5 Å². The number of methoxy groups -OCH3 is 1. The van der Waals surface area contributed by atoms with Crippen molar-refractivity contribution in [2.45, 2.75) is 27.0 Å². The van der Waals surface area contributed by atoms with E-state index in [4.69, 9.17) is 14.2 Å². The number of ether oxygens (including phenoxy) is 3. The van der Waals surface area contributed by atoms with E-state index in [0.29, 0.717) is 28.1 Å². The van der Waals surface area contributed by atoms with E-state index in [1.807, 2.05) is 19.1 Å². The predicted octanol–water partition coefficient (Wildman–Crippen LogP) is 4.42. The maximum absolute atomic E-state index is 12.5. The van der Waals surface area contributed by atoms with Crippen LogP contribution >= 0.6 is 0 Å². The van der Waals surface area contributed by atoms with E-state index in [0.717, 1.165) is 5.56 Å². The molecule has 36 heavy (non-hydrogen) atoms. The van der Waals surface area contributed by atoms with Crippen molar-refractivity contribution in [2.24, 2.45) is 5.10 Å². The lowest BCUT2D eigenvalue weighted by molar-refractivity contribution is -0.135. The maximum atomic E-state index is 12.5. The first-order chi connectivity index (χ1) is 17.2.